The summed E-state index contributed by atoms with van der Waals surface area (Å²) in [5.41, 5.74) is 3.87. The molecule has 1 fully saturated rings. The van der Waals surface area contributed by atoms with Crippen LogP contribution in [0, 0.1) is 6.92 Å². The van der Waals surface area contributed by atoms with E-state index in [0.29, 0.717) is 6.04 Å². The van der Waals surface area contributed by atoms with Crippen LogP contribution >= 0.6 is 0 Å². The van der Waals surface area contributed by atoms with Gasteiger partial charge in [0, 0.05) is 19.3 Å². The van der Waals surface area contributed by atoms with Crippen molar-refractivity contribution in [1.29, 1.82) is 0 Å². The van der Waals surface area contributed by atoms with Gasteiger partial charge in [0.25, 0.3) is 0 Å². The molecule has 1 aliphatic rings. The highest BCUT2D eigenvalue weighted by atomic mass is 15.1. The molecule has 76 valence electrons. The van der Waals surface area contributed by atoms with E-state index in [2.05, 4.69) is 29.5 Å². The van der Waals surface area contributed by atoms with Crippen LogP contribution in [0.2, 0.25) is 0 Å². The molecule has 0 aromatic carbocycles. The monoisotopic (exact) mass is 191 g/mol. The Hall–Kier alpha value is -1.09. The Kier molecular flexibility index (Phi) is 2.68. The van der Waals surface area contributed by atoms with Crippen molar-refractivity contribution in [2.24, 2.45) is 0 Å². The molecule has 1 aliphatic heterocycles. The number of hydrogen-bond donors (Lipinski definition) is 2. The molecular weight excluding hydrogens is 174 g/mol. The lowest BCUT2D eigenvalue weighted by Crippen LogP contribution is -2.51. The van der Waals surface area contributed by atoms with Crippen molar-refractivity contribution in [1.82, 2.24) is 10.3 Å². The van der Waals surface area contributed by atoms with Crippen LogP contribution < -0.4 is 10.6 Å². The fourth-order valence-corrected chi connectivity index (χ4v) is 1.68. The Balaban J connectivity index is 2.15. The maximum Gasteiger partial charge on any atom is 0.0562 e. The van der Waals surface area contributed by atoms with Gasteiger partial charge in [-0.1, -0.05) is 6.92 Å². The average molecular weight is 191 g/mol. The van der Waals surface area contributed by atoms with Crippen LogP contribution in [0.5, 0.6) is 0 Å². The first-order chi connectivity index (χ1) is 6.81. The summed E-state index contributed by atoms with van der Waals surface area (Å²) in [5, 5.41) is 6.74. The zero-order valence-corrected chi connectivity index (χ0v) is 8.80. The summed E-state index contributed by atoms with van der Waals surface area (Å²) >= 11 is 0. The minimum absolute atomic E-state index is 0.586. The predicted molar refractivity (Wildman–Crippen MR) is 58.6 cm³/mol. The number of pyridine rings is 1. The number of nitrogens with zero attached hydrogens (tertiary/aromatic N) is 1. The van der Waals surface area contributed by atoms with Crippen LogP contribution in [0.4, 0.5) is 5.69 Å². The number of anilines is 1. The van der Waals surface area contributed by atoms with Gasteiger partial charge in [0.05, 0.1) is 17.9 Å². The Labute approximate surface area is 84.9 Å². The molecule has 1 saturated heterocycles. The number of rotatable bonds is 3. The molecule has 2 N–H and O–H groups in total. The maximum absolute atomic E-state index is 4.24. The highest BCUT2D eigenvalue weighted by Gasteiger charge is 2.17. The second kappa shape index (κ2) is 3.96. The Morgan fingerprint density at radius 2 is 2.29 bits per heavy atom. The Bertz CT molecular complexity index is 318. The number of nitrogens with one attached hydrogen (secondary N) is 2. The lowest BCUT2D eigenvalue weighted by atomic mass is 10.1. The van der Waals surface area contributed by atoms with Crippen molar-refractivity contribution in [3.8, 4) is 0 Å². The standard InChI is InChI=1S/C11H17N3/c1-3-9-4-12-7-11(8(9)2)14-10-5-13-6-10/h4,7,10,13-14H,3,5-6H2,1-2H3. The number of hydrogen-bond acceptors (Lipinski definition) is 3. The molecular formula is C11H17N3. The highest BCUT2D eigenvalue weighted by Crippen LogP contribution is 2.19. The van der Waals surface area contributed by atoms with Crippen molar-refractivity contribution in [2.75, 3.05) is 18.4 Å². The topological polar surface area (TPSA) is 37.0 Å². The van der Waals surface area contributed by atoms with Gasteiger partial charge in [-0.15, -0.1) is 0 Å². The summed E-state index contributed by atoms with van der Waals surface area (Å²) in [6.07, 6.45) is 4.93. The zero-order valence-electron chi connectivity index (χ0n) is 8.80. The normalized spacial score (nSPS) is 16.4. The van der Waals surface area contributed by atoms with E-state index in [9.17, 15) is 0 Å². The van der Waals surface area contributed by atoms with Crippen LogP contribution in [-0.4, -0.2) is 24.1 Å². The molecule has 2 heterocycles. The zero-order chi connectivity index (χ0) is 9.97. The molecule has 0 unspecified atom stereocenters. The molecule has 2 rings (SSSR count). The van der Waals surface area contributed by atoms with Gasteiger partial charge in [0.2, 0.25) is 0 Å². The van der Waals surface area contributed by atoms with E-state index < -0.39 is 0 Å². The molecule has 1 aromatic rings. The van der Waals surface area contributed by atoms with Crippen molar-refractivity contribution >= 4 is 5.69 Å². The Morgan fingerprint density at radius 3 is 2.86 bits per heavy atom. The fourth-order valence-electron chi connectivity index (χ4n) is 1.68. The molecule has 0 spiro atoms. The highest BCUT2D eigenvalue weighted by molar-refractivity contribution is 5.52. The maximum atomic E-state index is 4.24. The Morgan fingerprint density at radius 1 is 1.50 bits per heavy atom. The van der Waals surface area contributed by atoms with Gasteiger partial charge < -0.3 is 10.6 Å². The van der Waals surface area contributed by atoms with Crippen molar-refractivity contribution in [2.45, 2.75) is 26.3 Å². The van der Waals surface area contributed by atoms with Crippen LogP contribution in [0.15, 0.2) is 12.4 Å². The summed E-state index contributed by atoms with van der Waals surface area (Å²) in [7, 11) is 0. The lowest BCUT2D eigenvalue weighted by molar-refractivity contribution is 0.472. The smallest absolute Gasteiger partial charge is 0.0562 e. The van der Waals surface area contributed by atoms with Gasteiger partial charge in [-0.2, -0.15) is 0 Å². The van der Waals surface area contributed by atoms with Crippen LogP contribution in [0.3, 0.4) is 0 Å². The van der Waals surface area contributed by atoms with Crippen LogP contribution in [-0.2, 0) is 6.42 Å². The van der Waals surface area contributed by atoms with E-state index in [-0.39, 0.29) is 0 Å². The van der Waals surface area contributed by atoms with Crippen LogP contribution in [0.25, 0.3) is 0 Å². The van der Waals surface area contributed by atoms with E-state index >= 15 is 0 Å². The SMILES string of the molecule is CCc1cncc(NC2CNC2)c1C. The second-order valence-corrected chi connectivity index (χ2v) is 3.82. The van der Waals surface area contributed by atoms with Crippen molar-refractivity contribution in [3.05, 3.63) is 23.5 Å². The molecule has 0 radical (unpaired) electrons. The third-order valence-corrected chi connectivity index (χ3v) is 2.84. The molecule has 0 aliphatic carbocycles. The average Bonchev–Trinajstić information content (AvgIpc) is 2.13. The fraction of sp³-hybridized carbons (Fsp3) is 0.545. The minimum Gasteiger partial charge on any atom is -0.378 e. The van der Waals surface area contributed by atoms with Gasteiger partial charge in [-0.25, -0.2) is 0 Å². The third-order valence-electron chi connectivity index (χ3n) is 2.84. The van der Waals surface area contributed by atoms with E-state index in [0.717, 1.165) is 19.5 Å². The molecule has 0 amide bonds. The molecule has 3 nitrogen and oxygen atoms in total. The summed E-state index contributed by atoms with van der Waals surface area (Å²) in [4.78, 5) is 4.24. The van der Waals surface area contributed by atoms with Crippen LogP contribution in [0.1, 0.15) is 18.1 Å². The summed E-state index contributed by atoms with van der Waals surface area (Å²) in [6, 6.07) is 0.586. The molecule has 0 atom stereocenters. The van der Waals surface area contributed by atoms with Gasteiger partial charge in [-0.05, 0) is 24.5 Å². The van der Waals surface area contributed by atoms with Gasteiger partial charge >= 0.3 is 0 Å². The quantitative estimate of drug-likeness (QED) is 0.757. The minimum atomic E-state index is 0.586. The van der Waals surface area contributed by atoms with Gasteiger partial charge in [0.1, 0.15) is 0 Å². The van der Waals surface area contributed by atoms with Crippen molar-refractivity contribution in [3.63, 3.8) is 0 Å². The molecule has 1 aromatic heterocycles. The summed E-state index contributed by atoms with van der Waals surface area (Å²) in [5.74, 6) is 0. The van der Waals surface area contributed by atoms with E-state index in [1.807, 2.05) is 12.4 Å². The first kappa shape index (κ1) is 9.46. The third kappa shape index (κ3) is 1.73. The van der Waals surface area contributed by atoms with E-state index in [1.165, 1.54) is 16.8 Å². The summed E-state index contributed by atoms with van der Waals surface area (Å²) in [6.45, 7) is 6.46. The van der Waals surface area contributed by atoms with Gasteiger partial charge in [-0.3, -0.25) is 4.98 Å². The molecule has 0 bridgehead atoms. The summed E-state index contributed by atoms with van der Waals surface area (Å²) < 4.78 is 0. The molecule has 0 saturated carbocycles. The van der Waals surface area contributed by atoms with E-state index in [1.54, 1.807) is 0 Å². The molecule has 3 heteroatoms. The van der Waals surface area contributed by atoms with Crippen molar-refractivity contribution < 1.29 is 0 Å². The number of aromatic nitrogens is 1. The van der Waals surface area contributed by atoms with E-state index in [4.69, 9.17) is 0 Å². The first-order valence-corrected chi connectivity index (χ1v) is 5.22. The largest absolute Gasteiger partial charge is 0.378 e. The molecule has 14 heavy (non-hydrogen) atoms. The number of aryl methyl sites for hydroxylation is 1. The predicted octanol–water partition coefficient (Wildman–Crippen LogP) is 1.34. The first-order valence-electron chi connectivity index (χ1n) is 5.22. The lowest BCUT2D eigenvalue weighted by Gasteiger charge is -2.29. The van der Waals surface area contributed by atoms with Gasteiger partial charge in [0.15, 0.2) is 0 Å². The second-order valence-electron chi connectivity index (χ2n) is 3.82.